The van der Waals surface area contributed by atoms with Gasteiger partial charge in [-0.15, -0.1) is 0 Å². The number of carbonyl (C=O) groups excluding carboxylic acids is 2. The molecule has 1 atom stereocenters. The standard InChI is InChI=1S/C19H26N4O3/c1-13-8-9-17(26-13)14(2)21-19(25)20-11-15-6-5-7-16(10-15)22-18(24)12-23(3)4/h5-10,14H,11-12H2,1-4H3,(H,22,24)(H2,20,21,25). The van der Waals surface area contributed by atoms with Crippen molar-refractivity contribution in [1.82, 2.24) is 15.5 Å². The number of likely N-dealkylation sites (N-methyl/N-ethyl adjacent to an activating group) is 1. The second-order valence-corrected chi connectivity index (χ2v) is 6.48. The van der Waals surface area contributed by atoms with Crippen LogP contribution < -0.4 is 16.0 Å². The van der Waals surface area contributed by atoms with E-state index in [1.807, 2.05) is 64.3 Å². The Kier molecular flexibility index (Phi) is 6.80. The fourth-order valence-corrected chi connectivity index (χ4v) is 2.43. The molecule has 0 aliphatic carbocycles. The van der Waals surface area contributed by atoms with Crippen molar-refractivity contribution in [3.63, 3.8) is 0 Å². The van der Waals surface area contributed by atoms with Crippen molar-refractivity contribution in [2.75, 3.05) is 26.0 Å². The molecule has 1 heterocycles. The van der Waals surface area contributed by atoms with E-state index in [-0.39, 0.29) is 18.0 Å². The highest BCUT2D eigenvalue weighted by Crippen LogP contribution is 2.15. The highest BCUT2D eigenvalue weighted by molar-refractivity contribution is 5.92. The van der Waals surface area contributed by atoms with Gasteiger partial charge in [0.05, 0.1) is 12.6 Å². The predicted octanol–water partition coefficient (Wildman–Crippen LogP) is 2.65. The van der Waals surface area contributed by atoms with Crippen LogP contribution in [0.25, 0.3) is 0 Å². The molecule has 3 amide bonds. The molecule has 0 aliphatic rings. The van der Waals surface area contributed by atoms with Gasteiger partial charge in [-0.1, -0.05) is 12.1 Å². The monoisotopic (exact) mass is 358 g/mol. The maximum atomic E-state index is 12.1. The molecule has 1 aromatic carbocycles. The van der Waals surface area contributed by atoms with Gasteiger partial charge in [-0.05, 0) is 57.8 Å². The summed E-state index contributed by atoms with van der Waals surface area (Å²) in [5.41, 5.74) is 1.60. The fourth-order valence-electron chi connectivity index (χ4n) is 2.43. The average Bonchev–Trinajstić information content (AvgIpc) is 2.99. The number of rotatable bonds is 7. The first-order valence-corrected chi connectivity index (χ1v) is 8.47. The maximum Gasteiger partial charge on any atom is 0.315 e. The van der Waals surface area contributed by atoms with Gasteiger partial charge < -0.3 is 25.3 Å². The summed E-state index contributed by atoms with van der Waals surface area (Å²) in [5, 5.41) is 8.47. The van der Waals surface area contributed by atoms with E-state index in [9.17, 15) is 9.59 Å². The average molecular weight is 358 g/mol. The number of carbonyl (C=O) groups is 2. The van der Waals surface area contributed by atoms with E-state index in [0.717, 1.165) is 11.3 Å². The van der Waals surface area contributed by atoms with Crippen molar-refractivity contribution in [2.45, 2.75) is 26.4 Å². The Hall–Kier alpha value is -2.80. The van der Waals surface area contributed by atoms with Gasteiger partial charge in [-0.25, -0.2) is 4.79 Å². The van der Waals surface area contributed by atoms with Crippen LogP contribution in [0.5, 0.6) is 0 Å². The molecule has 7 nitrogen and oxygen atoms in total. The first kappa shape index (κ1) is 19.5. The summed E-state index contributed by atoms with van der Waals surface area (Å²) in [7, 11) is 3.67. The Bertz CT molecular complexity index is 755. The molecule has 2 rings (SSSR count). The Morgan fingerprint density at radius 1 is 1.19 bits per heavy atom. The molecule has 0 aliphatic heterocycles. The number of benzene rings is 1. The minimum absolute atomic E-state index is 0.0829. The number of aryl methyl sites for hydroxylation is 1. The predicted molar refractivity (Wildman–Crippen MR) is 101 cm³/mol. The molecule has 0 saturated carbocycles. The van der Waals surface area contributed by atoms with Gasteiger partial charge in [0.1, 0.15) is 11.5 Å². The van der Waals surface area contributed by atoms with Crippen LogP contribution in [0.1, 0.15) is 30.0 Å². The van der Waals surface area contributed by atoms with Crippen molar-refractivity contribution in [2.24, 2.45) is 0 Å². The first-order valence-electron chi connectivity index (χ1n) is 8.47. The third-order valence-electron chi connectivity index (χ3n) is 3.66. The van der Waals surface area contributed by atoms with Gasteiger partial charge in [0.15, 0.2) is 0 Å². The molecule has 7 heteroatoms. The molecule has 2 aromatic rings. The van der Waals surface area contributed by atoms with Crippen LogP contribution in [0.3, 0.4) is 0 Å². The van der Waals surface area contributed by atoms with Crippen molar-refractivity contribution in [3.8, 4) is 0 Å². The smallest absolute Gasteiger partial charge is 0.315 e. The molecule has 0 saturated heterocycles. The van der Waals surface area contributed by atoms with Crippen LogP contribution in [0.4, 0.5) is 10.5 Å². The van der Waals surface area contributed by atoms with E-state index in [0.29, 0.717) is 24.5 Å². The summed E-state index contributed by atoms with van der Waals surface area (Å²) >= 11 is 0. The van der Waals surface area contributed by atoms with Gasteiger partial charge in [-0.2, -0.15) is 0 Å². The lowest BCUT2D eigenvalue weighted by atomic mass is 10.2. The third-order valence-corrected chi connectivity index (χ3v) is 3.66. The lowest BCUT2D eigenvalue weighted by Gasteiger charge is -2.13. The fraction of sp³-hybridized carbons (Fsp3) is 0.368. The third kappa shape index (κ3) is 6.25. The van der Waals surface area contributed by atoms with E-state index in [1.165, 1.54) is 0 Å². The molecular weight excluding hydrogens is 332 g/mol. The van der Waals surface area contributed by atoms with E-state index in [2.05, 4.69) is 16.0 Å². The Morgan fingerprint density at radius 2 is 1.96 bits per heavy atom. The minimum Gasteiger partial charge on any atom is -0.464 e. The van der Waals surface area contributed by atoms with E-state index in [4.69, 9.17) is 4.42 Å². The Morgan fingerprint density at radius 3 is 2.62 bits per heavy atom. The Labute approximate surface area is 153 Å². The van der Waals surface area contributed by atoms with E-state index >= 15 is 0 Å². The quantitative estimate of drug-likeness (QED) is 0.710. The van der Waals surface area contributed by atoms with Crippen molar-refractivity contribution in [1.29, 1.82) is 0 Å². The maximum absolute atomic E-state index is 12.1. The molecule has 0 radical (unpaired) electrons. The zero-order valence-corrected chi connectivity index (χ0v) is 15.6. The number of hydrogen-bond donors (Lipinski definition) is 3. The summed E-state index contributed by atoms with van der Waals surface area (Å²) in [6, 6.07) is 10.6. The van der Waals surface area contributed by atoms with E-state index < -0.39 is 0 Å². The second-order valence-electron chi connectivity index (χ2n) is 6.48. The number of nitrogens with one attached hydrogen (secondary N) is 3. The number of hydrogen-bond acceptors (Lipinski definition) is 4. The molecular formula is C19H26N4O3. The van der Waals surface area contributed by atoms with E-state index in [1.54, 1.807) is 4.90 Å². The van der Waals surface area contributed by atoms with Crippen molar-refractivity contribution in [3.05, 3.63) is 53.5 Å². The molecule has 0 fully saturated rings. The zero-order chi connectivity index (χ0) is 19.1. The van der Waals surface area contributed by atoms with Crippen LogP contribution in [-0.4, -0.2) is 37.5 Å². The van der Waals surface area contributed by atoms with Gasteiger partial charge in [0, 0.05) is 12.2 Å². The molecule has 26 heavy (non-hydrogen) atoms. The minimum atomic E-state index is -0.284. The number of anilines is 1. The van der Waals surface area contributed by atoms with Crippen molar-refractivity contribution < 1.29 is 14.0 Å². The second kappa shape index (κ2) is 9.05. The van der Waals surface area contributed by atoms with Crippen LogP contribution >= 0.6 is 0 Å². The van der Waals surface area contributed by atoms with Gasteiger partial charge in [0.2, 0.25) is 5.91 Å². The zero-order valence-electron chi connectivity index (χ0n) is 15.6. The highest BCUT2D eigenvalue weighted by atomic mass is 16.3. The summed E-state index contributed by atoms with van der Waals surface area (Å²) in [4.78, 5) is 25.7. The van der Waals surface area contributed by atoms with Gasteiger partial charge in [0.25, 0.3) is 0 Å². The number of furan rings is 1. The van der Waals surface area contributed by atoms with Crippen molar-refractivity contribution >= 4 is 17.6 Å². The SMILES string of the molecule is Cc1ccc(C(C)NC(=O)NCc2cccc(NC(=O)CN(C)C)c2)o1. The lowest BCUT2D eigenvalue weighted by Crippen LogP contribution is -2.36. The van der Waals surface area contributed by atoms with Crippen LogP contribution in [-0.2, 0) is 11.3 Å². The lowest BCUT2D eigenvalue weighted by molar-refractivity contribution is -0.116. The molecule has 0 bridgehead atoms. The number of urea groups is 1. The molecule has 1 unspecified atom stereocenters. The topological polar surface area (TPSA) is 86.6 Å². The summed E-state index contributed by atoms with van der Waals surface area (Å²) in [6.07, 6.45) is 0. The van der Waals surface area contributed by atoms with Crippen LogP contribution in [0.15, 0.2) is 40.8 Å². The summed E-state index contributed by atoms with van der Waals surface area (Å²) in [6.45, 7) is 4.39. The number of nitrogens with zero attached hydrogens (tertiary/aromatic N) is 1. The largest absolute Gasteiger partial charge is 0.464 e. The molecule has 140 valence electrons. The highest BCUT2D eigenvalue weighted by Gasteiger charge is 2.12. The van der Waals surface area contributed by atoms with Crippen LogP contribution in [0.2, 0.25) is 0 Å². The molecule has 0 spiro atoms. The summed E-state index contributed by atoms with van der Waals surface area (Å²) in [5.74, 6) is 1.44. The van der Waals surface area contributed by atoms with Crippen LogP contribution in [0, 0.1) is 6.92 Å². The molecule has 3 N–H and O–H groups in total. The van der Waals surface area contributed by atoms with Gasteiger partial charge >= 0.3 is 6.03 Å². The Balaban J connectivity index is 1.84. The summed E-state index contributed by atoms with van der Waals surface area (Å²) < 4.78 is 5.50. The molecule has 1 aromatic heterocycles. The first-order chi connectivity index (χ1) is 12.3. The van der Waals surface area contributed by atoms with Gasteiger partial charge in [-0.3, -0.25) is 4.79 Å². The number of amides is 3. The normalized spacial score (nSPS) is 11.9.